The first-order valence-electron chi connectivity index (χ1n) is 4.73. The summed E-state index contributed by atoms with van der Waals surface area (Å²) in [7, 11) is 0. The average Bonchev–Trinajstić information content (AvgIpc) is 2.31. The Kier molecular flexibility index (Phi) is 2.88. The van der Waals surface area contributed by atoms with E-state index in [9.17, 15) is 4.39 Å². The Bertz CT molecular complexity index is 532. The molecule has 3 nitrogen and oxygen atoms in total. The van der Waals surface area contributed by atoms with Gasteiger partial charge >= 0.3 is 0 Å². The van der Waals surface area contributed by atoms with Gasteiger partial charge < -0.3 is 0 Å². The third kappa shape index (κ3) is 2.04. The van der Waals surface area contributed by atoms with Gasteiger partial charge in [0.25, 0.3) is 0 Å². The van der Waals surface area contributed by atoms with Crippen molar-refractivity contribution in [2.24, 2.45) is 0 Å². The molecule has 0 bridgehead atoms. The molecule has 0 aliphatic carbocycles. The molecule has 78 valence electrons. The summed E-state index contributed by atoms with van der Waals surface area (Å²) >= 11 is 0. The van der Waals surface area contributed by atoms with Crippen LogP contribution >= 0.6 is 0 Å². The summed E-state index contributed by atoms with van der Waals surface area (Å²) in [6.07, 6.45) is 4.85. The predicted molar refractivity (Wildman–Crippen MR) is 56.7 cm³/mol. The van der Waals surface area contributed by atoms with Crippen molar-refractivity contribution in [1.82, 2.24) is 9.97 Å². The van der Waals surface area contributed by atoms with E-state index in [0.717, 1.165) is 0 Å². The Hall–Kier alpha value is -2.28. The molecule has 0 aliphatic rings. The van der Waals surface area contributed by atoms with E-state index < -0.39 is 5.82 Å². The van der Waals surface area contributed by atoms with Crippen LogP contribution in [0.3, 0.4) is 0 Å². The number of hydrogen-bond donors (Lipinski definition) is 0. The summed E-state index contributed by atoms with van der Waals surface area (Å²) in [5, 5.41) is 8.49. The van der Waals surface area contributed by atoms with E-state index in [2.05, 4.69) is 9.97 Å². The van der Waals surface area contributed by atoms with Crippen molar-refractivity contribution in [3.05, 3.63) is 48.2 Å². The number of rotatable bonds is 2. The Morgan fingerprint density at radius 2 is 2.06 bits per heavy atom. The molecular formula is C12H8FN3. The van der Waals surface area contributed by atoms with Gasteiger partial charge in [0.05, 0.1) is 12.5 Å². The molecule has 0 fully saturated rings. The highest BCUT2D eigenvalue weighted by Crippen LogP contribution is 2.19. The fourth-order valence-corrected chi connectivity index (χ4v) is 1.39. The summed E-state index contributed by atoms with van der Waals surface area (Å²) in [5.41, 5.74) is 1.54. The lowest BCUT2D eigenvalue weighted by molar-refractivity contribution is 0.623. The Morgan fingerprint density at radius 1 is 1.31 bits per heavy atom. The van der Waals surface area contributed by atoms with E-state index in [1.807, 2.05) is 6.07 Å². The van der Waals surface area contributed by atoms with Gasteiger partial charge in [-0.3, -0.25) is 9.97 Å². The van der Waals surface area contributed by atoms with Crippen molar-refractivity contribution >= 4 is 0 Å². The van der Waals surface area contributed by atoms with Gasteiger partial charge in [0.15, 0.2) is 0 Å². The minimum atomic E-state index is -0.418. The Balaban J connectivity index is 2.41. The number of aromatic nitrogens is 2. The predicted octanol–water partition coefficient (Wildman–Crippen LogP) is 2.35. The van der Waals surface area contributed by atoms with Crippen LogP contribution in [0.1, 0.15) is 5.56 Å². The van der Waals surface area contributed by atoms with E-state index in [1.165, 1.54) is 12.3 Å². The van der Waals surface area contributed by atoms with E-state index in [0.29, 0.717) is 11.1 Å². The normalized spacial score (nSPS) is 9.75. The highest BCUT2D eigenvalue weighted by Gasteiger charge is 2.07. The second-order valence-corrected chi connectivity index (χ2v) is 3.24. The van der Waals surface area contributed by atoms with Crippen molar-refractivity contribution in [3.63, 3.8) is 0 Å². The third-order valence-corrected chi connectivity index (χ3v) is 2.13. The maximum Gasteiger partial charge on any atom is 0.149 e. The first-order chi connectivity index (χ1) is 7.81. The first kappa shape index (κ1) is 10.2. The van der Waals surface area contributed by atoms with Gasteiger partial charge in [-0.2, -0.15) is 5.26 Å². The minimum Gasteiger partial charge on any atom is -0.265 e. The number of nitriles is 1. The van der Waals surface area contributed by atoms with Crippen LogP contribution in [0.4, 0.5) is 4.39 Å². The Morgan fingerprint density at radius 3 is 2.69 bits per heavy atom. The van der Waals surface area contributed by atoms with Crippen LogP contribution in [0.15, 0.2) is 36.8 Å². The number of pyridine rings is 2. The first-order valence-corrected chi connectivity index (χ1v) is 4.73. The van der Waals surface area contributed by atoms with Crippen LogP contribution in [0.2, 0.25) is 0 Å². The van der Waals surface area contributed by atoms with Gasteiger partial charge in [-0.1, -0.05) is 0 Å². The standard InChI is InChI=1S/C12H8FN3/c13-11-7-9(1-4-14)8-16-12(11)10-2-5-15-6-3-10/h2-3,5-8H,1H2. The minimum absolute atomic E-state index is 0.167. The van der Waals surface area contributed by atoms with Crippen LogP contribution < -0.4 is 0 Å². The molecule has 2 aromatic rings. The summed E-state index contributed by atoms with van der Waals surface area (Å²) < 4.78 is 13.7. The molecular weight excluding hydrogens is 205 g/mol. The van der Waals surface area contributed by atoms with Crippen LogP contribution in [-0.4, -0.2) is 9.97 Å². The fraction of sp³-hybridized carbons (Fsp3) is 0.0833. The van der Waals surface area contributed by atoms with Crippen molar-refractivity contribution < 1.29 is 4.39 Å². The van der Waals surface area contributed by atoms with E-state index in [4.69, 9.17) is 5.26 Å². The molecule has 0 aliphatic heterocycles. The van der Waals surface area contributed by atoms with Gasteiger partial charge in [-0.05, 0) is 23.8 Å². The molecule has 0 N–H and O–H groups in total. The van der Waals surface area contributed by atoms with E-state index >= 15 is 0 Å². The van der Waals surface area contributed by atoms with Gasteiger partial charge in [-0.25, -0.2) is 4.39 Å². The summed E-state index contributed by atoms with van der Waals surface area (Å²) in [6.45, 7) is 0. The molecule has 0 radical (unpaired) electrons. The van der Waals surface area contributed by atoms with E-state index in [-0.39, 0.29) is 12.1 Å². The summed E-state index contributed by atoms with van der Waals surface area (Å²) in [5.74, 6) is -0.418. The molecule has 4 heteroatoms. The van der Waals surface area contributed by atoms with Crippen molar-refractivity contribution in [1.29, 1.82) is 5.26 Å². The highest BCUT2D eigenvalue weighted by atomic mass is 19.1. The summed E-state index contributed by atoms with van der Waals surface area (Å²) in [4.78, 5) is 7.87. The lowest BCUT2D eigenvalue weighted by Crippen LogP contribution is -1.93. The fourth-order valence-electron chi connectivity index (χ4n) is 1.39. The second kappa shape index (κ2) is 4.49. The van der Waals surface area contributed by atoms with Gasteiger partial charge in [0, 0.05) is 24.2 Å². The van der Waals surface area contributed by atoms with Gasteiger partial charge in [0.2, 0.25) is 0 Å². The quantitative estimate of drug-likeness (QED) is 0.769. The topological polar surface area (TPSA) is 49.6 Å². The monoisotopic (exact) mass is 213 g/mol. The summed E-state index contributed by atoms with van der Waals surface area (Å²) in [6, 6.07) is 6.67. The smallest absolute Gasteiger partial charge is 0.149 e. The van der Waals surface area contributed by atoms with Crippen molar-refractivity contribution in [3.8, 4) is 17.3 Å². The molecule has 16 heavy (non-hydrogen) atoms. The molecule has 0 saturated heterocycles. The maximum atomic E-state index is 13.7. The highest BCUT2D eigenvalue weighted by molar-refractivity contribution is 5.58. The Labute approximate surface area is 92.2 Å². The molecule has 0 atom stereocenters. The SMILES string of the molecule is N#CCc1cnc(-c2ccncc2)c(F)c1. The zero-order valence-electron chi connectivity index (χ0n) is 8.39. The molecule has 0 unspecified atom stereocenters. The molecule has 0 spiro atoms. The van der Waals surface area contributed by atoms with Gasteiger partial charge in [0.1, 0.15) is 11.5 Å². The molecule has 0 aromatic carbocycles. The number of halogens is 1. The second-order valence-electron chi connectivity index (χ2n) is 3.24. The maximum absolute atomic E-state index is 13.7. The number of hydrogen-bond acceptors (Lipinski definition) is 3. The van der Waals surface area contributed by atoms with Crippen LogP contribution in [0.25, 0.3) is 11.3 Å². The number of nitrogens with zero attached hydrogens (tertiary/aromatic N) is 3. The molecule has 0 amide bonds. The molecule has 2 heterocycles. The van der Waals surface area contributed by atoms with Crippen LogP contribution in [-0.2, 0) is 6.42 Å². The lowest BCUT2D eigenvalue weighted by Gasteiger charge is -2.03. The van der Waals surface area contributed by atoms with E-state index in [1.54, 1.807) is 24.5 Å². The third-order valence-electron chi connectivity index (χ3n) is 2.13. The largest absolute Gasteiger partial charge is 0.265 e. The molecule has 2 aromatic heterocycles. The molecule has 0 saturated carbocycles. The molecule has 2 rings (SSSR count). The van der Waals surface area contributed by atoms with Crippen molar-refractivity contribution in [2.75, 3.05) is 0 Å². The van der Waals surface area contributed by atoms with Crippen LogP contribution in [0, 0.1) is 17.1 Å². The van der Waals surface area contributed by atoms with Gasteiger partial charge in [-0.15, -0.1) is 0 Å². The lowest BCUT2D eigenvalue weighted by atomic mass is 10.1. The zero-order chi connectivity index (χ0) is 11.4. The zero-order valence-corrected chi connectivity index (χ0v) is 8.39. The van der Waals surface area contributed by atoms with Crippen LogP contribution in [0.5, 0.6) is 0 Å². The van der Waals surface area contributed by atoms with Crippen molar-refractivity contribution in [2.45, 2.75) is 6.42 Å². The average molecular weight is 213 g/mol.